The summed E-state index contributed by atoms with van der Waals surface area (Å²) in [6.45, 7) is 1.28. The van der Waals surface area contributed by atoms with Gasteiger partial charge < -0.3 is 42.6 Å². The molecule has 0 aromatic carbocycles. The quantitative estimate of drug-likeness (QED) is 0.112. The van der Waals surface area contributed by atoms with Crippen LogP contribution in [0, 0.1) is 0 Å². The predicted octanol–water partition coefficient (Wildman–Crippen LogP) is -2.78. The topological polar surface area (TPSA) is 243 Å². The van der Waals surface area contributed by atoms with E-state index in [0.29, 0.717) is 11.4 Å². The summed E-state index contributed by atoms with van der Waals surface area (Å²) in [5, 5.41) is 26.5. The third-order valence-corrected chi connectivity index (χ3v) is 5.58. The highest BCUT2D eigenvalue weighted by molar-refractivity contribution is 7.98. The van der Waals surface area contributed by atoms with Crippen molar-refractivity contribution in [3.63, 3.8) is 0 Å². The fourth-order valence-corrected chi connectivity index (χ4v) is 3.45. The maximum absolute atomic E-state index is 12.9. The van der Waals surface area contributed by atoms with E-state index in [1.54, 1.807) is 6.26 Å². The Kier molecular flexibility index (Phi) is 12.8. The largest absolute Gasteiger partial charge is 0.480 e. The van der Waals surface area contributed by atoms with Crippen molar-refractivity contribution in [1.29, 1.82) is 0 Å². The Morgan fingerprint density at radius 2 is 1.74 bits per heavy atom. The number of nitrogens with one attached hydrogen (secondary N) is 4. The van der Waals surface area contributed by atoms with E-state index in [4.69, 9.17) is 11.5 Å². The number of carboxylic acid groups (broad SMARTS) is 1. The number of thioether (sulfide) groups is 1. The van der Waals surface area contributed by atoms with E-state index in [0.717, 1.165) is 0 Å². The molecule has 4 amide bonds. The van der Waals surface area contributed by atoms with Gasteiger partial charge in [0.25, 0.3) is 0 Å². The van der Waals surface area contributed by atoms with Crippen LogP contribution < -0.4 is 27.4 Å². The Labute approximate surface area is 206 Å². The second kappa shape index (κ2) is 15.0. The van der Waals surface area contributed by atoms with Gasteiger partial charge in [-0.1, -0.05) is 0 Å². The Balaban J connectivity index is 2.88. The summed E-state index contributed by atoms with van der Waals surface area (Å²) in [6, 6.07) is -5.02. The Morgan fingerprint density at radius 1 is 1.09 bits per heavy atom. The molecular formula is C20H33N7O7S. The summed E-state index contributed by atoms with van der Waals surface area (Å²) in [4.78, 5) is 67.2. The summed E-state index contributed by atoms with van der Waals surface area (Å²) in [5.41, 5.74) is 11.5. The molecule has 10 N–H and O–H groups in total. The zero-order valence-electron chi connectivity index (χ0n) is 19.5. The van der Waals surface area contributed by atoms with E-state index in [2.05, 4.69) is 25.9 Å². The summed E-state index contributed by atoms with van der Waals surface area (Å²) in [5.74, 6) is -4.00. The molecule has 1 heterocycles. The number of aliphatic hydroxyl groups excluding tert-OH is 1. The van der Waals surface area contributed by atoms with Gasteiger partial charge >= 0.3 is 5.97 Å². The van der Waals surface area contributed by atoms with Crippen molar-refractivity contribution in [2.45, 2.75) is 62.9 Å². The predicted molar refractivity (Wildman–Crippen MR) is 127 cm³/mol. The van der Waals surface area contributed by atoms with E-state index >= 15 is 0 Å². The van der Waals surface area contributed by atoms with Crippen LogP contribution in [0.3, 0.4) is 0 Å². The Hall–Kier alpha value is -3.17. The number of aliphatic carboxylic acids is 1. The lowest BCUT2D eigenvalue weighted by molar-refractivity contribution is -0.142. The Morgan fingerprint density at radius 3 is 2.26 bits per heavy atom. The molecule has 1 aromatic heterocycles. The highest BCUT2D eigenvalue weighted by Gasteiger charge is 2.32. The molecule has 0 saturated carbocycles. The number of hydrogen-bond acceptors (Lipinski definition) is 9. The highest BCUT2D eigenvalue weighted by Crippen LogP contribution is 2.06. The van der Waals surface area contributed by atoms with Crippen molar-refractivity contribution < 1.29 is 34.2 Å². The molecule has 5 atom stereocenters. The maximum atomic E-state index is 12.9. The Bertz CT molecular complexity index is 866. The average Bonchev–Trinajstić information content (AvgIpc) is 3.29. The number of aromatic amines is 1. The number of aliphatic hydroxyl groups is 1. The number of nitrogens with two attached hydrogens (primary N) is 2. The van der Waals surface area contributed by atoms with Gasteiger partial charge in [0.05, 0.1) is 18.5 Å². The minimum absolute atomic E-state index is 0.112. The lowest BCUT2D eigenvalue weighted by Crippen LogP contribution is -2.60. The minimum Gasteiger partial charge on any atom is -0.480 e. The number of hydrogen-bond donors (Lipinski definition) is 8. The summed E-state index contributed by atoms with van der Waals surface area (Å²) in [6.07, 6.45) is 3.15. The first kappa shape index (κ1) is 29.9. The molecule has 0 aliphatic heterocycles. The normalized spacial score (nSPS) is 15.2. The molecule has 0 bridgehead atoms. The smallest absolute Gasteiger partial charge is 0.326 e. The van der Waals surface area contributed by atoms with Crippen LogP contribution in [0.1, 0.15) is 31.9 Å². The number of H-pyrrole nitrogens is 1. The molecule has 0 aliphatic carbocycles. The number of nitrogens with zero attached hydrogens (tertiary/aromatic N) is 1. The first-order valence-electron chi connectivity index (χ1n) is 10.8. The van der Waals surface area contributed by atoms with Gasteiger partial charge in [-0.25, -0.2) is 9.78 Å². The van der Waals surface area contributed by atoms with E-state index in [1.807, 2.05) is 0 Å². The monoisotopic (exact) mass is 515 g/mol. The number of aromatic nitrogens is 2. The molecule has 35 heavy (non-hydrogen) atoms. The number of carboxylic acids is 1. The van der Waals surface area contributed by atoms with E-state index in [-0.39, 0.29) is 25.7 Å². The van der Waals surface area contributed by atoms with Crippen molar-refractivity contribution in [3.05, 3.63) is 18.2 Å². The molecule has 1 rings (SSSR count). The molecule has 0 fully saturated rings. The standard InChI is InChI=1S/C20H33N7O7S/c1-10(28)16(27-17(30)12(21)7-11-8-23-9-24-11)19(32)25-13(5-6-35-2)18(31)26-14(20(33)34)3-4-15(22)29/h8-10,12-14,16,28H,3-7,21H2,1-2H3,(H2,22,29)(H,23,24)(H,25,32)(H,26,31)(H,27,30)(H,33,34). The second-order valence-corrected chi connectivity index (χ2v) is 8.85. The third kappa shape index (κ3) is 10.7. The van der Waals surface area contributed by atoms with Gasteiger partial charge in [0.15, 0.2) is 0 Å². The van der Waals surface area contributed by atoms with Crippen LogP contribution in [0.15, 0.2) is 12.5 Å². The number of primary amides is 1. The lowest BCUT2D eigenvalue weighted by Gasteiger charge is -2.26. The number of imidazole rings is 1. The summed E-state index contributed by atoms with van der Waals surface area (Å²) < 4.78 is 0. The number of amides is 4. The van der Waals surface area contributed by atoms with E-state index in [1.165, 1.54) is 31.2 Å². The molecule has 0 aliphatic rings. The zero-order valence-corrected chi connectivity index (χ0v) is 20.3. The van der Waals surface area contributed by atoms with Crippen LogP contribution in [0.4, 0.5) is 0 Å². The molecule has 0 saturated heterocycles. The molecule has 196 valence electrons. The van der Waals surface area contributed by atoms with E-state index in [9.17, 15) is 34.2 Å². The number of carbonyl (C=O) groups excluding carboxylic acids is 4. The van der Waals surface area contributed by atoms with Gasteiger partial charge in [0, 0.05) is 24.7 Å². The fourth-order valence-electron chi connectivity index (χ4n) is 2.97. The van der Waals surface area contributed by atoms with Gasteiger partial charge in [0.2, 0.25) is 23.6 Å². The minimum atomic E-state index is -1.43. The molecule has 0 spiro atoms. The van der Waals surface area contributed by atoms with Crippen molar-refractivity contribution in [2.75, 3.05) is 12.0 Å². The molecule has 14 nitrogen and oxygen atoms in total. The lowest BCUT2D eigenvalue weighted by atomic mass is 10.1. The fraction of sp³-hybridized carbons (Fsp3) is 0.600. The van der Waals surface area contributed by atoms with Crippen LogP contribution in [0.25, 0.3) is 0 Å². The van der Waals surface area contributed by atoms with Gasteiger partial charge in [-0.15, -0.1) is 0 Å². The van der Waals surface area contributed by atoms with Crippen molar-refractivity contribution in [3.8, 4) is 0 Å². The summed E-state index contributed by atoms with van der Waals surface area (Å²) in [7, 11) is 0. The second-order valence-electron chi connectivity index (χ2n) is 7.86. The van der Waals surface area contributed by atoms with E-state index < -0.39 is 59.9 Å². The highest BCUT2D eigenvalue weighted by atomic mass is 32.2. The first-order valence-corrected chi connectivity index (χ1v) is 12.2. The molecule has 1 aromatic rings. The van der Waals surface area contributed by atoms with Crippen LogP contribution in [-0.4, -0.2) is 92.1 Å². The van der Waals surface area contributed by atoms with Gasteiger partial charge in [-0.3, -0.25) is 19.2 Å². The van der Waals surface area contributed by atoms with Gasteiger partial charge in [-0.2, -0.15) is 11.8 Å². The third-order valence-electron chi connectivity index (χ3n) is 4.93. The van der Waals surface area contributed by atoms with Crippen LogP contribution >= 0.6 is 11.8 Å². The van der Waals surface area contributed by atoms with Crippen LogP contribution in [0.2, 0.25) is 0 Å². The van der Waals surface area contributed by atoms with Crippen LogP contribution in [-0.2, 0) is 30.4 Å². The first-order chi connectivity index (χ1) is 16.5. The van der Waals surface area contributed by atoms with Crippen molar-refractivity contribution in [1.82, 2.24) is 25.9 Å². The SMILES string of the molecule is CSCCC(NC(=O)C(NC(=O)C(N)Cc1cnc[nH]1)C(C)O)C(=O)NC(CCC(N)=O)C(=O)O. The van der Waals surface area contributed by atoms with Crippen LogP contribution in [0.5, 0.6) is 0 Å². The molecule has 0 radical (unpaired) electrons. The number of rotatable bonds is 16. The van der Waals surface area contributed by atoms with Crippen molar-refractivity contribution in [2.24, 2.45) is 11.5 Å². The summed E-state index contributed by atoms with van der Waals surface area (Å²) >= 11 is 1.39. The van der Waals surface area contributed by atoms with Crippen molar-refractivity contribution >= 4 is 41.4 Å². The molecule has 15 heteroatoms. The van der Waals surface area contributed by atoms with Gasteiger partial charge in [0.1, 0.15) is 18.1 Å². The average molecular weight is 516 g/mol. The molecular weight excluding hydrogens is 482 g/mol. The van der Waals surface area contributed by atoms with Gasteiger partial charge in [-0.05, 0) is 31.8 Å². The number of carbonyl (C=O) groups is 5. The maximum Gasteiger partial charge on any atom is 0.326 e. The molecule has 5 unspecified atom stereocenters. The zero-order chi connectivity index (χ0) is 26.5.